The molecule has 2 aliphatic heterocycles. The molecule has 0 bridgehead atoms. The molecule has 2 atom stereocenters. The Morgan fingerprint density at radius 2 is 2.23 bits per heavy atom. The van der Waals surface area contributed by atoms with Gasteiger partial charge in [-0.1, -0.05) is 11.6 Å². The van der Waals surface area contributed by atoms with E-state index in [4.69, 9.17) is 16.3 Å². The number of nitrogens with zero attached hydrogens (tertiary/aromatic N) is 4. The SMILES string of the molecule is CCn1nc(C)c(C(=O)N2CC[C@@H]3OCCN(C)[C@@H]3C2)c1Cl. The van der Waals surface area contributed by atoms with E-state index in [1.807, 2.05) is 18.7 Å². The predicted octanol–water partition coefficient (Wildman–Crippen LogP) is 1.41. The largest absolute Gasteiger partial charge is 0.375 e. The van der Waals surface area contributed by atoms with Crippen molar-refractivity contribution >= 4 is 17.5 Å². The summed E-state index contributed by atoms with van der Waals surface area (Å²) in [6, 6.07) is 0.270. The fourth-order valence-electron chi connectivity index (χ4n) is 3.39. The average molecular weight is 327 g/mol. The van der Waals surface area contributed by atoms with Gasteiger partial charge in [0.15, 0.2) is 0 Å². The summed E-state index contributed by atoms with van der Waals surface area (Å²) in [7, 11) is 2.10. The topological polar surface area (TPSA) is 50.6 Å². The van der Waals surface area contributed by atoms with Crippen LogP contribution in [0.15, 0.2) is 0 Å². The number of amides is 1. The van der Waals surface area contributed by atoms with Crippen molar-refractivity contribution in [2.45, 2.75) is 39.0 Å². The van der Waals surface area contributed by atoms with Crippen molar-refractivity contribution in [3.8, 4) is 0 Å². The molecule has 2 saturated heterocycles. The Morgan fingerprint density at radius 1 is 1.45 bits per heavy atom. The van der Waals surface area contributed by atoms with Gasteiger partial charge >= 0.3 is 0 Å². The Morgan fingerprint density at radius 3 is 2.91 bits per heavy atom. The molecule has 1 aromatic rings. The fourth-order valence-corrected chi connectivity index (χ4v) is 3.76. The molecule has 3 rings (SSSR count). The van der Waals surface area contributed by atoms with Crippen LogP contribution in [-0.4, -0.2) is 70.9 Å². The van der Waals surface area contributed by atoms with Crippen LogP contribution in [0.2, 0.25) is 5.15 Å². The van der Waals surface area contributed by atoms with Crippen molar-refractivity contribution in [2.75, 3.05) is 33.3 Å². The van der Waals surface area contributed by atoms with Crippen LogP contribution < -0.4 is 0 Å². The number of aryl methyl sites for hydroxylation is 2. The highest BCUT2D eigenvalue weighted by molar-refractivity contribution is 6.33. The van der Waals surface area contributed by atoms with Crippen molar-refractivity contribution < 1.29 is 9.53 Å². The number of halogens is 1. The highest BCUT2D eigenvalue weighted by Crippen LogP contribution is 2.26. The number of morpholine rings is 1. The fraction of sp³-hybridized carbons (Fsp3) is 0.733. The highest BCUT2D eigenvalue weighted by Gasteiger charge is 2.38. The number of likely N-dealkylation sites (tertiary alicyclic amines) is 1. The van der Waals surface area contributed by atoms with Gasteiger partial charge in [-0.25, -0.2) is 0 Å². The first-order valence-electron chi connectivity index (χ1n) is 7.87. The number of piperidine rings is 1. The van der Waals surface area contributed by atoms with E-state index in [2.05, 4.69) is 17.0 Å². The molecule has 7 heteroatoms. The standard InChI is InChI=1S/C15H23ClN4O2/c1-4-20-14(16)13(10(2)17-20)15(21)19-6-5-12-11(9-19)18(3)7-8-22-12/h11-12H,4-9H2,1-3H3/t11-,12+/m1/s1. The van der Waals surface area contributed by atoms with Crippen LogP contribution in [0.4, 0.5) is 0 Å². The second kappa shape index (κ2) is 6.18. The number of fused-ring (bicyclic) bond motifs is 1. The normalized spacial score (nSPS) is 26.1. The Balaban J connectivity index is 1.80. The minimum Gasteiger partial charge on any atom is -0.375 e. The second-order valence-electron chi connectivity index (χ2n) is 6.06. The first-order chi connectivity index (χ1) is 10.5. The first-order valence-corrected chi connectivity index (χ1v) is 8.24. The maximum atomic E-state index is 12.9. The molecule has 22 heavy (non-hydrogen) atoms. The third-order valence-corrected chi connectivity index (χ3v) is 5.11. The summed E-state index contributed by atoms with van der Waals surface area (Å²) in [5.41, 5.74) is 1.24. The zero-order valence-corrected chi connectivity index (χ0v) is 14.1. The van der Waals surface area contributed by atoms with Crippen molar-refractivity contribution in [3.63, 3.8) is 0 Å². The third kappa shape index (κ3) is 2.64. The first kappa shape index (κ1) is 15.8. The summed E-state index contributed by atoms with van der Waals surface area (Å²) in [6.07, 6.45) is 1.11. The average Bonchev–Trinajstić information content (AvgIpc) is 2.81. The van der Waals surface area contributed by atoms with Gasteiger partial charge in [0.25, 0.3) is 5.91 Å². The minimum absolute atomic E-state index is 0.0142. The lowest BCUT2D eigenvalue weighted by Gasteiger charge is -2.45. The molecule has 6 nitrogen and oxygen atoms in total. The van der Waals surface area contributed by atoms with E-state index < -0.39 is 0 Å². The number of ether oxygens (including phenoxy) is 1. The number of hydrogen-bond acceptors (Lipinski definition) is 4. The zero-order valence-electron chi connectivity index (χ0n) is 13.4. The number of hydrogen-bond donors (Lipinski definition) is 0. The molecule has 122 valence electrons. The van der Waals surface area contributed by atoms with Crippen LogP contribution in [0.5, 0.6) is 0 Å². The van der Waals surface area contributed by atoms with Gasteiger partial charge in [-0.2, -0.15) is 5.10 Å². The lowest BCUT2D eigenvalue weighted by Crippen LogP contribution is -2.59. The number of carbonyl (C=O) groups is 1. The molecule has 1 amide bonds. The van der Waals surface area contributed by atoms with Crippen molar-refractivity contribution in [1.29, 1.82) is 0 Å². The molecular formula is C15H23ClN4O2. The van der Waals surface area contributed by atoms with Crippen molar-refractivity contribution in [2.24, 2.45) is 0 Å². The summed E-state index contributed by atoms with van der Waals surface area (Å²) in [5, 5.41) is 4.79. The van der Waals surface area contributed by atoms with Crippen LogP contribution in [0.25, 0.3) is 0 Å². The molecule has 0 radical (unpaired) electrons. The van der Waals surface area contributed by atoms with Crippen LogP contribution in [0.3, 0.4) is 0 Å². The molecule has 0 unspecified atom stereocenters. The van der Waals surface area contributed by atoms with E-state index in [1.165, 1.54) is 0 Å². The number of carbonyl (C=O) groups excluding carboxylic acids is 1. The molecule has 0 saturated carbocycles. The zero-order chi connectivity index (χ0) is 15.9. The number of rotatable bonds is 2. The van der Waals surface area contributed by atoms with Crippen LogP contribution in [0.1, 0.15) is 29.4 Å². The lowest BCUT2D eigenvalue weighted by molar-refractivity contribution is -0.0893. The van der Waals surface area contributed by atoms with Gasteiger partial charge in [0, 0.05) is 26.2 Å². The molecule has 2 aliphatic rings. The Labute approximate surface area is 136 Å². The lowest BCUT2D eigenvalue weighted by atomic mass is 9.98. The van der Waals surface area contributed by atoms with Gasteiger partial charge in [0.05, 0.1) is 30.0 Å². The molecular weight excluding hydrogens is 304 g/mol. The van der Waals surface area contributed by atoms with Gasteiger partial charge < -0.3 is 9.64 Å². The Hall–Kier alpha value is -1.11. The summed E-state index contributed by atoms with van der Waals surface area (Å²) >= 11 is 6.33. The molecule has 3 heterocycles. The molecule has 0 N–H and O–H groups in total. The van der Waals surface area contributed by atoms with Gasteiger partial charge in [-0.3, -0.25) is 14.4 Å². The predicted molar refractivity (Wildman–Crippen MR) is 84.3 cm³/mol. The van der Waals surface area contributed by atoms with Gasteiger partial charge in [0.2, 0.25) is 0 Å². The van der Waals surface area contributed by atoms with Gasteiger partial charge in [-0.05, 0) is 27.3 Å². The quantitative estimate of drug-likeness (QED) is 0.824. The van der Waals surface area contributed by atoms with Crippen molar-refractivity contribution in [3.05, 3.63) is 16.4 Å². The highest BCUT2D eigenvalue weighted by atomic mass is 35.5. The van der Waals surface area contributed by atoms with Gasteiger partial charge in [-0.15, -0.1) is 0 Å². The van der Waals surface area contributed by atoms with Crippen molar-refractivity contribution in [1.82, 2.24) is 19.6 Å². The maximum absolute atomic E-state index is 12.9. The number of aromatic nitrogens is 2. The Kier molecular flexibility index (Phi) is 4.43. The summed E-state index contributed by atoms with van der Waals surface area (Å²) in [6.45, 7) is 7.55. The smallest absolute Gasteiger partial charge is 0.258 e. The van der Waals surface area contributed by atoms with Crippen LogP contribution in [-0.2, 0) is 11.3 Å². The summed E-state index contributed by atoms with van der Waals surface area (Å²) < 4.78 is 7.51. The molecule has 0 aliphatic carbocycles. The Bertz CT molecular complexity index is 574. The molecule has 0 aromatic carbocycles. The van der Waals surface area contributed by atoms with Crippen LogP contribution >= 0.6 is 11.6 Å². The maximum Gasteiger partial charge on any atom is 0.258 e. The van der Waals surface area contributed by atoms with E-state index in [0.29, 0.717) is 36.0 Å². The van der Waals surface area contributed by atoms with E-state index in [9.17, 15) is 4.79 Å². The second-order valence-corrected chi connectivity index (χ2v) is 6.42. The number of likely N-dealkylation sites (N-methyl/N-ethyl adjacent to an activating group) is 1. The molecule has 0 spiro atoms. The van der Waals surface area contributed by atoms with E-state index >= 15 is 0 Å². The van der Waals surface area contributed by atoms with Gasteiger partial charge in [0.1, 0.15) is 5.15 Å². The summed E-state index contributed by atoms with van der Waals surface area (Å²) in [4.78, 5) is 17.1. The van der Waals surface area contributed by atoms with E-state index in [1.54, 1.807) is 4.68 Å². The van der Waals surface area contributed by atoms with E-state index in [-0.39, 0.29) is 18.1 Å². The van der Waals surface area contributed by atoms with Crippen LogP contribution in [0, 0.1) is 6.92 Å². The summed E-state index contributed by atoms with van der Waals surface area (Å²) in [5.74, 6) is -0.0142. The molecule has 1 aromatic heterocycles. The van der Waals surface area contributed by atoms with E-state index in [0.717, 1.165) is 19.6 Å². The third-order valence-electron chi connectivity index (χ3n) is 4.73. The monoisotopic (exact) mass is 326 g/mol. The molecule has 2 fully saturated rings. The minimum atomic E-state index is -0.0142.